The molecule has 28 heavy (non-hydrogen) atoms. The van der Waals surface area contributed by atoms with Gasteiger partial charge in [0, 0.05) is 34.6 Å². The molecule has 0 atom stereocenters. The Bertz CT molecular complexity index is 1250. The molecule has 0 aliphatic heterocycles. The van der Waals surface area contributed by atoms with Crippen LogP contribution in [0.25, 0.3) is 21.9 Å². The summed E-state index contributed by atoms with van der Waals surface area (Å²) in [5.74, 6) is -1.56. The summed E-state index contributed by atoms with van der Waals surface area (Å²) in [4.78, 5) is 37.5. The maximum Gasteiger partial charge on any atom is 0.352 e. The Balaban J connectivity index is 1.58. The van der Waals surface area contributed by atoms with Crippen LogP contribution in [0.5, 0.6) is 0 Å². The summed E-state index contributed by atoms with van der Waals surface area (Å²) in [5.41, 5.74) is 2.37. The van der Waals surface area contributed by atoms with Crippen molar-refractivity contribution in [2.45, 2.75) is 6.92 Å². The zero-order valence-corrected chi connectivity index (χ0v) is 14.7. The Morgan fingerprint density at radius 1 is 0.929 bits per heavy atom. The van der Waals surface area contributed by atoms with Crippen molar-refractivity contribution in [1.82, 2.24) is 4.98 Å². The van der Waals surface area contributed by atoms with Gasteiger partial charge in [-0.05, 0) is 48.5 Å². The Morgan fingerprint density at radius 3 is 2.39 bits per heavy atom. The molecule has 2 aromatic heterocycles. The predicted molar refractivity (Wildman–Crippen MR) is 104 cm³/mol. The summed E-state index contributed by atoms with van der Waals surface area (Å²) in [5, 5.41) is 15.8. The standard InChI is InChI=1S/C20H15N3O5/c1-10(24)21-13-3-5-17-12(7-13)9-18(28-17)19(25)22-14-2-4-15-11(6-14)8-16(23-15)20(26)27/h2-9,23H,1H3,(H,21,24)(H,22,25)(H,26,27). The highest BCUT2D eigenvalue weighted by Crippen LogP contribution is 2.25. The lowest BCUT2D eigenvalue weighted by atomic mass is 10.2. The van der Waals surface area contributed by atoms with Gasteiger partial charge >= 0.3 is 5.97 Å². The van der Waals surface area contributed by atoms with Gasteiger partial charge in [-0.2, -0.15) is 0 Å². The van der Waals surface area contributed by atoms with Crippen LogP contribution in [-0.4, -0.2) is 27.9 Å². The first-order valence-electron chi connectivity index (χ1n) is 8.37. The largest absolute Gasteiger partial charge is 0.477 e. The summed E-state index contributed by atoms with van der Waals surface area (Å²) in [6.07, 6.45) is 0. The molecule has 140 valence electrons. The number of aromatic nitrogens is 1. The first kappa shape index (κ1) is 17.3. The van der Waals surface area contributed by atoms with Crippen LogP contribution in [0.3, 0.4) is 0 Å². The van der Waals surface area contributed by atoms with Gasteiger partial charge in [-0.15, -0.1) is 0 Å². The minimum Gasteiger partial charge on any atom is -0.477 e. The maximum atomic E-state index is 12.5. The minimum atomic E-state index is -1.05. The lowest BCUT2D eigenvalue weighted by Crippen LogP contribution is -2.10. The number of carbonyl (C=O) groups is 3. The van der Waals surface area contributed by atoms with Crippen LogP contribution in [0.2, 0.25) is 0 Å². The molecule has 0 fully saturated rings. The molecule has 4 aromatic rings. The number of carbonyl (C=O) groups excluding carboxylic acids is 2. The van der Waals surface area contributed by atoms with E-state index in [-0.39, 0.29) is 17.4 Å². The molecule has 8 heteroatoms. The number of aromatic carboxylic acids is 1. The maximum absolute atomic E-state index is 12.5. The quantitative estimate of drug-likeness (QED) is 0.430. The fraction of sp³-hybridized carbons (Fsp3) is 0.0500. The van der Waals surface area contributed by atoms with Crippen LogP contribution in [0.1, 0.15) is 28.0 Å². The Labute approximate surface area is 158 Å². The van der Waals surface area contributed by atoms with Crippen LogP contribution >= 0.6 is 0 Å². The van der Waals surface area contributed by atoms with Crippen molar-refractivity contribution in [3.8, 4) is 0 Å². The average Bonchev–Trinajstić information content (AvgIpc) is 3.24. The van der Waals surface area contributed by atoms with Crippen molar-refractivity contribution < 1.29 is 23.9 Å². The van der Waals surface area contributed by atoms with Gasteiger partial charge in [0.2, 0.25) is 5.91 Å². The van der Waals surface area contributed by atoms with Crippen molar-refractivity contribution in [2.75, 3.05) is 10.6 Å². The first-order valence-corrected chi connectivity index (χ1v) is 8.37. The van der Waals surface area contributed by atoms with Crippen molar-refractivity contribution in [3.05, 3.63) is 60.0 Å². The van der Waals surface area contributed by atoms with Crippen molar-refractivity contribution in [3.63, 3.8) is 0 Å². The number of benzene rings is 2. The fourth-order valence-electron chi connectivity index (χ4n) is 2.95. The SMILES string of the molecule is CC(=O)Nc1ccc2oc(C(=O)Nc3ccc4[nH]c(C(=O)O)cc4c3)cc2c1. The molecule has 4 rings (SSSR count). The van der Waals surface area contributed by atoms with E-state index < -0.39 is 11.9 Å². The second-order valence-corrected chi connectivity index (χ2v) is 6.29. The third-order valence-corrected chi connectivity index (χ3v) is 4.17. The molecule has 0 bridgehead atoms. The molecule has 4 N–H and O–H groups in total. The van der Waals surface area contributed by atoms with E-state index in [9.17, 15) is 14.4 Å². The average molecular weight is 377 g/mol. The number of amides is 2. The minimum absolute atomic E-state index is 0.0748. The van der Waals surface area contributed by atoms with Gasteiger partial charge in [0.15, 0.2) is 5.76 Å². The summed E-state index contributed by atoms with van der Waals surface area (Å²) < 4.78 is 5.58. The Hall–Kier alpha value is -4.07. The van der Waals surface area contributed by atoms with Gasteiger partial charge in [0.25, 0.3) is 5.91 Å². The normalized spacial score (nSPS) is 10.9. The Kier molecular flexibility index (Phi) is 4.08. The number of carboxylic acid groups (broad SMARTS) is 1. The molecule has 0 saturated carbocycles. The molecule has 0 saturated heterocycles. The highest BCUT2D eigenvalue weighted by molar-refractivity contribution is 6.06. The van der Waals surface area contributed by atoms with Gasteiger partial charge in [0.05, 0.1) is 0 Å². The van der Waals surface area contributed by atoms with Crippen molar-refractivity contribution in [2.24, 2.45) is 0 Å². The predicted octanol–water partition coefficient (Wildman–Crippen LogP) is 3.82. The molecule has 0 aliphatic carbocycles. The van der Waals surface area contributed by atoms with Crippen LogP contribution in [-0.2, 0) is 4.79 Å². The number of anilines is 2. The molecule has 0 spiro atoms. The number of furan rings is 1. The molecule has 2 amide bonds. The second kappa shape index (κ2) is 6.58. The summed E-state index contributed by atoms with van der Waals surface area (Å²) in [6.45, 7) is 1.42. The van der Waals surface area contributed by atoms with Gasteiger partial charge in [-0.25, -0.2) is 4.79 Å². The van der Waals surface area contributed by atoms with Crippen molar-refractivity contribution in [1.29, 1.82) is 0 Å². The Morgan fingerprint density at radius 2 is 1.64 bits per heavy atom. The van der Waals surface area contributed by atoms with Gasteiger partial charge in [0.1, 0.15) is 11.3 Å². The molecule has 2 heterocycles. The van der Waals surface area contributed by atoms with Crippen LogP contribution < -0.4 is 10.6 Å². The highest BCUT2D eigenvalue weighted by Gasteiger charge is 2.14. The summed E-state index contributed by atoms with van der Waals surface area (Å²) in [6, 6.07) is 13.2. The highest BCUT2D eigenvalue weighted by atomic mass is 16.4. The first-order chi connectivity index (χ1) is 13.4. The molecular formula is C20H15N3O5. The second-order valence-electron chi connectivity index (χ2n) is 6.29. The van der Waals surface area contributed by atoms with Gasteiger partial charge < -0.3 is 25.1 Å². The van der Waals surface area contributed by atoms with E-state index in [1.807, 2.05) is 0 Å². The number of fused-ring (bicyclic) bond motifs is 2. The third kappa shape index (κ3) is 3.30. The lowest BCUT2D eigenvalue weighted by Gasteiger charge is -2.03. The van der Waals surface area contributed by atoms with E-state index in [4.69, 9.17) is 9.52 Å². The zero-order chi connectivity index (χ0) is 19.8. The van der Waals surface area contributed by atoms with E-state index in [1.54, 1.807) is 42.5 Å². The fourth-order valence-corrected chi connectivity index (χ4v) is 2.95. The van der Waals surface area contributed by atoms with Crippen LogP contribution in [0.15, 0.2) is 52.9 Å². The number of rotatable bonds is 4. The molecule has 8 nitrogen and oxygen atoms in total. The van der Waals surface area contributed by atoms with E-state index in [2.05, 4.69) is 15.6 Å². The van der Waals surface area contributed by atoms with E-state index >= 15 is 0 Å². The van der Waals surface area contributed by atoms with Crippen LogP contribution in [0, 0.1) is 0 Å². The molecular weight excluding hydrogens is 362 g/mol. The molecule has 0 radical (unpaired) electrons. The number of hydrogen-bond donors (Lipinski definition) is 4. The van der Waals surface area contributed by atoms with E-state index in [0.717, 1.165) is 0 Å². The smallest absolute Gasteiger partial charge is 0.352 e. The topological polar surface area (TPSA) is 124 Å². The van der Waals surface area contributed by atoms with E-state index in [0.29, 0.717) is 33.2 Å². The van der Waals surface area contributed by atoms with Gasteiger partial charge in [-0.3, -0.25) is 9.59 Å². The van der Waals surface area contributed by atoms with E-state index in [1.165, 1.54) is 13.0 Å². The number of H-pyrrole nitrogens is 1. The van der Waals surface area contributed by atoms with Crippen LogP contribution in [0.4, 0.5) is 11.4 Å². The molecule has 0 aliphatic rings. The van der Waals surface area contributed by atoms with Gasteiger partial charge in [-0.1, -0.05) is 0 Å². The number of nitrogens with one attached hydrogen (secondary N) is 3. The summed E-state index contributed by atoms with van der Waals surface area (Å²) >= 11 is 0. The summed E-state index contributed by atoms with van der Waals surface area (Å²) in [7, 11) is 0. The third-order valence-electron chi connectivity index (χ3n) is 4.17. The number of aromatic amines is 1. The monoisotopic (exact) mass is 377 g/mol. The number of hydrogen-bond acceptors (Lipinski definition) is 4. The lowest BCUT2D eigenvalue weighted by molar-refractivity contribution is -0.114. The zero-order valence-electron chi connectivity index (χ0n) is 14.7. The van der Waals surface area contributed by atoms with Crippen molar-refractivity contribution >= 4 is 51.0 Å². The molecule has 0 unspecified atom stereocenters. The number of carboxylic acids is 1. The molecule has 2 aromatic carbocycles.